The van der Waals surface area contributed by atoms with E-state index in [9.17, 15) is 0 Å². The molecular weight excluding hydrogens is 210 g/mol. The summed E-state index contributed by atoms with van der Waals surface area (Å²) in [5.74, 6) is 1.68. The molecule has 0 bridgehead atoms. The predicted octanol–water partition coefficient (Wildman–Crippen LogP) is 2.95. The van der Waals surface area contributed by atoms with E-state index in [4.69, 9.17) is 11.1 Å². The monoisotopic (exact) mass is 241 g/mol. The molecule has 0 saturated heterocycles. The molecule has 0 amide bonds. The van der Waals surface area contributed by atoms with Gasteiger partial charge in [-0.15, -0.1) is 0 Å². The summed E-state index contributed by atoms with van der Waals surface area (Å²) in [7, 11) is 0. The zero-order chi connectivity index (χ0) is 13.6. The minimum absolute atomic E-state index is 0.174. The number of nitrogens with two attached hydrogens (primary N) is 1. The van der Waals surface area contributed by atoms with Crippen molar-refractivity contribution in [2.45, 2.75) is 48.0 Å². The van der Waals surface area contributed by atoms with Crippen molar-refractivity contribution in [3.8, 4) is 0 Å². The fraction of sp³-hybridized carbons (Fsp3) is 0.929. The molecule has 0 atom stereocenters. The largest absolute Gasteiger partial charge is 0.387 e. The average Bonchev–Trinajstić information content (AvgIpc) is 2.12. The first-order valence-corrected chi connectivity index (χ1v) is 6.72. The molecule has 102 valence electrons. The third-order valence-electron chi connectivity index (χ3n) is 3.03. The molecule has 0 spiro atoms. The smallest absolute Gasteiger partial charge is 0.0963 e. The standard InChI is InChI=1S/C14H31N3/c1-11(2)9-17(10-12(3)4)8-7-14(5,6)13(15)16/h11-12H,7-10H2,1-6H3,(H3,15,16). The first-order valence-electron chi connectivity index (χ1n) is 6.72. The Bertz CT molecular complexity index is 222. The van der Waals surface area contributed by atoms with Crippen molar-refractivity contribution in [1.82, 2.24) is 4.90 Å². The van der Waals surface area contributed by atoms with Crippen molar-refractivity contribution in [2.24, 2.45) is 23.0 Å². The molecule has 3 nitrogen and oxygen atoms in total. The fourth-order valence-electron chi connectivity index (χ4n) is 1.86. The Labute approximate surface area is 107 Å². The van der Waals surface area contributed by atoms with Crippen LogP contribution in [0.3, 0.4) is 0 Å². The number of nitrogens with one attached hydrogen (secondary N) is 1. The second kappa shape index (κ2) is 7.00. The van der Waals surface area contributed by atoms with Crippen LogP contribution in [-0.2, 0) is 0 Å². The van der Waals surface area contributed by atoms with E-state index in [1.165, 1.54) is 0 Å². The van der Waals surface area contributed by atoms with Crippen molar-refractivity contribution in [3.63, 3.8) is 0 Å². The summed E-state index contributed by atoms with van der Waals surface area (Å²) < 4.78 is 0. The molecular formula is C14H31N3. The van der Waals surface area contributed by atoms with E-state index in [-0.39, 0.29) is 5.41 Å². The lowest BCUT2D eigenvalue weighted by atomic mass is 9.87. The maximum Gasteiger partial charge on any atom is 0.0963 e. The lowest BCUT2D eigenvalue weighted by Gasteiger charge is -2.30. The summed E-state index contributed by atoms with van der Waals surface area (Å²) in [6.45, 7) is 16.4. The van der Waals surface area contributed by atoms with E-state index in [0.717, 1.165) is 26.1 Å². The van der Waals surface area contributed by atoms with Gasteiger partial charge < -0.3 is 10.6 Å². The molecule has 0 unspecified atom stereocenters. The highest BCUT2D eigenvalue weighted by Gasteiger charge is 2.22. The Morgan fingerprint density at radius 1 is 1.12 bits per heavy atom. The van der Waals surface area contributed by atoms with Gasteiger partial charge in [0, 0.05) is 18.5 Å². The van der Waals surface area contributed by atoms with Gasteiger partial charge in [0.1, 0.15) is 0 Å². The summed E-state index contributed by atoms with van der Waals surface area (Å²) >= 11 is 0. The van der Waals surface area contributed by atoms with Gasteiger partial charge in [-0.1, -0.05) is 41.5 Å². The Morgan fingerprint density at radius 3 is 1.82 bits per heavy atom. The van der Waals surface area contributed by atoms with Gasteiger partial charge in [-0.25, -0.2) is 0 Å². The van der Waals surface area contributed by atoms with Crippen molar-refractivity contribution in [1.29, 1.82) is 5.41 Å². The maximum atomic E-state index is 7.58. The van der Waals surface area contributed by atoms with E-state index in [2.05, 4.69) is 46.4 Å². The Hall–Kier alpha value is -0.570. The molecule has 0 aromatic heterocycles. The second-order valence-electron chi connectivity index (χ2n) is 6.59. The third-order valence-corrected chi connectivity index (χ3v) is 3.03. The first-order chi connectivity index (χ1) is 7.65. The Kier molecular flexibility index (Phi) is 6.76. The van der Waals surface area contributed by atoms with Crippen LogP contribution < -0.4 is 5.73 Å². The van der Waals surface area contributed by atoms with Crippen LogP contribution in [0.2, 0.25) is 0 Å². The van der Waals surface area contributed by atoms with Crippen molar-refractivity contribution in [2.75, 3.05) is 19.6 Å². The maximum absolute atomic E-state index is 7.58. The SMILES string of the molecule is CC(C)CN(CCC(C)(C)C(=N)N)CC(C)C. The van der Waals surface area contributed by atoms with Crippen molar-refractivity contribution in [3.05, 3.63) is 0 Å². The third kappa shape index (κ3) is 7.37. The average molecular weight is 241 g/mol. The molecule has 17 heavy (non-hydrogen) atoms. The second-order valence-corrected chi connectivity index (χ2v) is 6.59. The van der Waals surface area contributed by atoms with Crippen LogP contribution in [-0.4, -0.2) is 30.4 Å². The van der Waals surface area contributed by atoms with E-state index in [1.54, 1.807) is 0 Å². The lowest BCUT2D eigenvalue weighted by molar-refractivity contribution is 0.200. The highest BCUT2D eigenvalue weighted by atomic mass is 15.1. The number of hydrogen-bond acceptors (Lipinski definition) is 2. The summed E-state index contributed by atoms with van der Waals surface area (Å²) in [5, 5.41) is 7.58. The van der Waals surface area contributed by atoms with Gasteiger partial charge in [0.05, 0.1) is 5.84 Å². The zero-order valence-electron chi connectivity index (χ0n) is 12.5. The van der Waals surface area contributed by atoms with E-state index < -0.39 is 0 Å². The summed E-state index contributed by atoms with van der Waals surface area (Å²) in [6, 6.07) is 0. The van der Waals surface area contributed by atoms with Gasteiger partial charge in [-0.2, -0.15) is 0 Å². The van der Waals surface area contributed by atoms with Gasteiger partial charge in [0.25, 0.3) is 0 Å². The van der Waals surface area contributed by atoms with Gasteiger partial charge in [0.15, 0.2) is 0 Å². The molecule has 0 radical (unpaired) electrons. The summed E-state index contributed by atoms with van der Waals surface area (Å²) in [6.07, 6.45) is 0.960. The quantitative estimate of drug-likeness (QED) is 0.507. The minimum Gasteiger partial charge on any atom is -0.387 e. The molecule has 3 N–H and O–H groups in total. The number of amidine groups is 1. The van der Waals surface area contributed by atoms with E-state index >= 15 is 0 Å². The minimum atomic E-state index is -0.174. The molecule has 0 heterocycles. The molecule has 0 aliphatic carbocycles. The Balaban J connectivity index is 4.29. The lowest BCUT2D eigenvalue weighted by Crippen LogP contribution is -2.38. The number of rotatable bonds is 8. The van der Waals surface area contributed by atoms with Crippen LogP contribution in [0, 0.1) is 22.7 Å². The molecule has 0 rings (SSSR count). The molecule has 0 aromatic carbocycles. The van der Waals surface area contributed by atoms with Gasteiger partial charge in [-0.05, 0) is 24.8 Å². The van der Waals surface area contributed by atoms with Crippen LogP contribution in [0.4, 0.5) is 0 Å². The van der Waals surface area contributed by atoms with Gasteiger partial charge in [0.2, 0.25) is 0 Å². The van der Waals surface area contributed by atoms with Crippen molar-refractivity contribution < 1.29 is 0 Å². The summed E-state index contributed by atoms with van der Waals surface area (Å²) in [5.41, 5.74) is 5.45. The van der Waals surface area contributed by atoms with E-state index in [1.807, 2.05) is 0 Å². The number of hydrogen-bond donors (Lipinski definition) is 2. The van der Waals surface area contributed by atoms with Gasteiger partial charge in [-0.3, -0.25) is 5.41 Å². The van der Waals surface area contributed by atoms with Crippen LogP contribution in [0.25, 0.3) is 0 Å². The molecule has 0 saturated carbocycles. The highest BCUT2D eigenvalue weighted by molar-refractivity contribution is 5.82. The normalized spacial score (nSPS) is 12.8. The fourth-order valence-corrected chi connectivity index (χ4v) is 1.86. The van der Waals surface area contributed by atoms with Crippen molar-refractivity contribution >= 4 is 5.84 Å². The zero-order valence-corrected chi connectivity index (χ0v) is 12.5. The molecule has 0 aromatic rings. The molecule has 0 fully saturated rings. The van der Waals surface area contributed by atoms with Crippen LogP contribution >= 0.6 is 0 Å². The molecule has 0 aliphatic rings. The van der Waals surface area contributed by atoms with Crippen LogP contribution in [0.15, 0.2) is 0 Å². The van der Waals surface area contributed by atoms with E-state index in [0.29, 0.717) is 17.7 Å². The molecule has 0 aliphatic heterocycles. The van der Waals surface area contributed by atoms with Crippen LogP contribution in [0.1, 0.15) is 48.0 Å². The topological polar surface area (TPSA) is 53.1 Å². The number of nitrogens with zero attached hydrogens (tertiary/aromatic N) is 1. The first kappa shape index (κ1) is 16.4. The highest BCUT2D eigenvalue weighted by Crippen LogP contribution is 2.20. The Morgan fingerprint density at radius 2 is 1.53 bits per heavy atom. The van der Waals surface area contributed by atoms with Crippen LogP contribution in [0.5, 0.6) is 0 Å². The summed E-state index contributed by atoms with van der Waals surface area (Å²) in [4.78, 5) is 2.50. The molecule has 3 heteroatoms. The van der Waals surface area contributed by atoms with Gasteiger partial charge >= 0.3 is 0 Å². The predicted molar refractivity (Wildman–Crippen MR) is 76.4 cm³/mol.